The van der Waals surface area contributed by atoms with Gasteiger partial charge in [0.05, 0.1) is 0 Å². The number of likely N-dealkylation sites (tertiary alicyclic amines) is 1. The molecule has 1 aliphatic heterocycles. The van der Waals surface area contributed by atoms with Crippen molar-refractivity contribution < 1.29 is 18.8 Å². The van der Waals surface area contributed by atoms with E-state index in [0.29, 0.717) is 46.9 Å². The minimum atomic E-state index is -0.207. The van der Waals surface area contributed by atoms with E-state index in [0.717, 1.165) is 18.4 Å². The van der Waals surface area contributed by atoms with E-state index in [1.54, 1.807) is 42.5 Å². The summed E-state index contributed by atoms with van der Waals surface area (Å²) in [5, 5.41) is 2.94. The van der Waals surface area contributed by atoms with Crippen molar-refractivity contribution in [1.82, 2.24) is 9.88 Å². The molecule has 4 aromatic rings. The minimum absolute atomic E-state index is 0.0391. The van der Waals surface area contributed by atoms with Crippen LogP contribution in [-0.2, 0) is 4.79 Å². The van der Waals surface area contributed by atoms with Crippen molar-refractivity contribution in [3.63, 3.8) is 0 Å². The lowest BCUT2D eigenvalue weighted by Gasteiger charge is -2.34. The Morgan fingerprint density at radius 1 is 0.946 bits per heavy atom. The van der Waals surface area contributed by atoms with Crippen LogP contribution in [0.4, 0.5) is 5.69 Å². The summed E-state index contributed by atoms with van der Waals surface area (Å²) < 4.78 is 5.87. The molecule has 3 aromatic carbocycles. The summed E-state index contributed by atoms with van der Waals surface area (Å²) in [5.41, 5.74) is 3.95. The van der Waals surface area contributed by atoms with Crippen LogP contribution in [0.1, 0.15) is 47.4 Å². The van der Waals surface area contributed by atoms with Gasteiger partial charge in [-0.25, -0.2) is 4.98 Å². The van der Waals surface area contributed by atoms with Crippen LogP contribution in [-0.4, -0.2) is 40.6 Å². The molecule has 2 heterocycles. The van der Waals surface area contributed by atoms with Crippen molar-refractivity contribution in [2.45, 2.75) is 26.7 Å². The number of oxazole rings is 1. The summed E-state index contributed by atoms with van der Waals surface area (Å²) >= 11 is 0. The van der Waals surface area contributed by atoms with Gasteiger partial charge in [0.1, 0.15) is 5.52 Å². The minimum Gasteiger partial charge on any atom is -0.436 e. The maximum Gasteiger partial charge on any atom is 0.253 e. The van der Waals surface area contributed by atoms with Gasteiger partial charge in [0, 0.05) is 41.4 Å². The van der Waals surface area contributed by atoms with Crippen LogP contribution in [0, 0.1) is 11.8 Å². The van der Waals surface area contributed by atoms with Gasteiger partial charge in [0.25, 0.3) is 5.91 Å². The number of Topliss-reactive ketones (excluding diaryl/α,β-unsaturated/α-hetero) is 1. The number of ketones is 1. The molecule has 1 fully saturated rings. The Labute approximate surface area is 215 Å². The SMILES string of the molecule is CC(=O)c1cccc(NC(=O)[C@H](C)C2CCN(C(=O)c3ccc4oc(-c5ccccc5)nc4c3)CC2)c1. The van der Waals surface area contributed by atoms with Gasteiger partial charge in [0.2, 0.25) is 11.8 Å². The van der Waals surface area contributed by atoms with Crippen LogP contribution in [0.25, 0.3) is 22.6 Å². The molecular formula is C30H29N3O4. The molecule has 0 spiro atoms. The Bertz CT molecular complexity index is 1450. The van der Waals surface area contributed by atoms with E-state index in [2.05, 4.69) is 10.3 Å². The van der Waals surface area contributed by atoms with Crippen LogP contribution in [0.2, 0.25) is 0 Å². The molecule has 0 bridgehead atoms. The van der Waals surface area contributed by atoms with E-state index in [4.69, 9.17) is 4.42 Å². The van der Waals surface area contributed by atoms with E-state index >= 15 is 0 Å². The molecule has 1 saturated heterocycles. The van der Waals surface area contributed by atoms with Crippen molar-refractivity contribution in [2.75, 3.05) is 18.4 Å². The van der Waals surface area contributed by atoms with Gasteiger partial charge in [0.15, 0.2) is 11.4 Å². The maximum atomic E-state index is 13.2. The number of amides is 2. The van der Waals surface area contributed by atoms with Crippen molar-refractivity contribution in [2.24, 2.45) is 11.8 Å². The average molecular weight is 496 g/mol. The number of rotatable bonds is 6. The molecule has 0 unspecified atom stereocenters. The van der Waals surface area contributed by atoms with E-state index in [9.17, 15) is 14.4 Å². The number of benzene rings is 3. The molecule has 5 rings (SSSR count). The average Bonchev–Trinajstić information content (AvgIpc) is 3.36. The van der Waals surface area contributed by atoms with Crippen molar-refractivity contribution in [3.8, 4) is 11.5 Å². The number of carbonyl (C=O) groups excluding carboxylic acids is 3. The Morgan fingerprint density at radius 3 is 2.43 bits per heavy atom. The lowest BCUT2D eigenvalue weighted by molar-refractivity contribution is -0.121. The molecule has 188 valence electrons. The van der Waals surface area contributed by atoms with Crippen LogP contribution < -0.4 is 5.32 Å². The summed E-state index contributed by atoms with van der Waals surface area (Å²) in [6.45, 7) is 4.61. The third-order valence-electron chi connectivity index (χ3n) is 7.14. The number of nitrogens with one attached hydrogen (secondary N) is 1. The Balaban J connectivity index is 1.20. The molecule has 1 atom stereocenters. The van der Waals surface area contributed by atoms with Crippen LogP contribution >= 0.6 is 0 Å². The second-order valence-corrected chi connectivity index (χ2v) is 9.61. The Kier molecular flexibility index (Phi) is 6.86. The molecule has 37 heavy (non-hydrogen) atoms. The zero-order chi connectivity index (χ0) is 25.9. The summed E-state index contributed by atoms with van der Waals surface area (Å²) in [6, 6.07) is 22.0. The molecule has 1 aromatic heterocycles. The zero-order valence-electron chi connectivity index (χ0n) is 20.9. The first-order valence-corrected chi connectivity index (χ1v) is 12.6. The fourth-order valence-corrected chi connectivity index (χ4v) is 4.84. The quantitative estimate of drug-likeness (QED) is 0.340. The highest BCUT2D eigenvalue weighted by Gasteiger charge is 2.30. The number of fused-ring (bicyclic) bond motifs is 1. The van der Waals surface area contributed by atoms with Crippen molar-refractivity contribution in [1.29, 1.82) is 0 Å². The van der Waals surface area contributed by atoms with E-state index < -0.39 is 0 Å². The topological polar surface area (TPSA) is 92.5 Å². The number of hydrogen-bond donors (Lipinski definition) is 1. The van der Waals surface area contributed by atoms with Crippen LogP contribution in [0.15, 0.2) is 77.2 Å². The summed E-state index contributed by atoms with van der Waals surface area (Å²) in [4.78, 5) is 44.1. The predicted molar refractivity (Wildman–Crippen MR) is 142 cm³/mol. The van der Waals surface area contributed by atoms with Gasteiger partial charge in [-0.2, -0.15) is 0 Å². The molecule has 0 radical (unpaired) electrons. The van der Waals surface area contributed by atoms with Gasteiger partial charge < -0.3 is 14.6 Å². The number of anilines is 1. The number of piperidine rings is 1. The fraction of sp³-hybridized carbons (Fsp3) is 0.267. The normalized spacial score (nSPS) is 14.9. The van der Waals surface area contributed by atoms with Gasteiger partial charge in [-0.1, -0.05) is 37.3 Å². The maximum absolute atomic E-state index is 13.2. The first-order valence-electron chi connectivity index (χ1n) is 12.6. The van der Waals surface area contributed by atoms with Gasteiger partial charge in [-0.3, -0.25) is 14.4 Å². The van der Waals surface area contributed by atoms with Crippen molar-refractivity contribution in [3.05, 3.63) is 83.9 Å². The van der Waals surface area contributed by atoms with Gasteiger partial charge >= 0.3 is 0 Å². The molecule has 1 N–H and O–H groups in total. The zero-order valence-corrected chi connectivity index (χ0v) is 20.9. The first-order chi connectivity index (χ1) is 17.9. The standard InChI is InChI=1S/C30H29N3O4/c1-19(28(35)31-25-10-6-9-23(17-25)20(2)34)21-13-15-33(16-14-21)30(36)24-11-12-27-26(18-24)32-29(37-27)22-7-4-3-5-8-22/h3-12,17-19,21H,13-16H2,1-2H3,(H,31,35)/t19-/m1/s1. The molecule has 0 saturated carbocycles. The van der Waals surface area contributed by atoms with Crippen LogP contribution in [0.5, 0.6) is 0 Å². The van der Waals surface area contributed by atoms with Crippen molar-refractivity contribution >= 4 is 34.4 Å². The highest BCUT2D eigenvalue weighted by Crippen LogP contribution is 2.29. The molecule has 7 heteroatoms. The summed E-state index contributed by atoms with van der Waals surface area (Å²) in [5.74, 6) is 0.341. The van der Waals surface area contributed by atoms with E-state index in [-0.39, 0.29) is 29.4 Å². The smallest absolute Gasteiger partial charge is 0.253 e. The summed E-state index contributed by atoms with van der Waals surface area (Å²) in [6.07, 6.45) is 1.50. The lowest BCUT2D eigenvalue weighted by atomic mass is 9.84. The number of hydrogen-bond acceptors (Lipinski definition) is 5. The highest BCUT2D eigenvalue weighted by atomic mass is 16.3. The van der Waals surface area contributed by atoms with Crippen LogP contribution in [0.3, 0.4) is 0 Å². The predicted octanol–water partition coefficient (Wildman–Crippen LogP) is 5.82. The first kappa shape index (κ1) is 24.4. The van der Waals surface area contributed by atoms with Gasteiger partial charge in [-0.15, -0.1) is 0 Å². The lowest BCUT2D eigenvalue weighted by Crippen LogP contribution is -2.41. The van der Waals surface area contributed by atoms with E-state index in [1.807, 2.05) is 42.2 Å². The molecule has 7 nitrogen and oxygen atoms in total. The largest absolute Gasteiger partial charge is 0.436 e. The second kappa shape index (κ2) is 10.4. The third-order valence-corrected chi connectivity index (χ3v) is 7.14. The summed E-state index contributed by atoms with van der Waals surface area (Å²) in [7, 11) is 0. The number of aromatic nitrogens is 1. The molecule has 2 amide bonds. The third kappa shape index (κ3) is 5.31. The highest BCUT2D eigenvalue weighted by molar-refractivity contribution is 5.98. The Hall–Kier alpha value is -4.26. The number of carbonyl (C=O) groups is 3. The Morgan fingerprint density at radius 2 is 1.70 bits per heavy atom. The fourth-order valence-electron chi connectivity index (χ4n) is 4.84. The monoisotopic (exact) mass is 495 g/mol. The second-order valence-electron chi connectivity index (χ2n) is 9.61. The number of nitrogens with zero attached hydrogens (tertiary/aromatic N) is 2. The molecule has 0 aliphatic carbocycles. The van der Waals surface area contributed by atoms with Gasteiger partial charge in [-0.05, 0) is 68.1 Å². The van der Waals surface area contributed by atoms with E-state index in [1.165, 1.54) is 6.92 Å². The molecular weight excluding hydrogens is 466 g/mol. The molecule has 1 aliphatic rings.